The van der Waals surface area contributed by atoms with Gasteiger partial charge < -0.3 is 9.88 Å². The van der Waals surface area contributed by atoms with Gasteiger partial charge in [-0.1, -0.05) is 30.3 Å². The van der Waals surface area contributed by atoms with Crippen LogP contribution in [0, 0.1) is 0 Å². The molecule has 1 amide bonds. The third kappa shape index (κ3) is 3.43. The third-order valence-electron chi connectivity index (χ3n) is 5.22. The van der Waals surface area contributed by atoms with Crippen LogP contribution in [0.2, 0.25) is 0 Å². The van der Waals surface area contributed by atoms with Crippen LogP contribution in [0.3, 0.4) is 0 Å². The van der Waals surface area contributed by atoms with Gasteiger partial charge >= 0.3 is 0 Å². The van der Waals surface area contributed by atoms with Crippen LogP contribution in [-0.4, -0.2) is 33.9 Å². The second kappa shape index (κ2) is 7.09. The van der Waals surface area contributed by atoms with Crippen LogP contribution in [0.25, 0.3) is 11.0 Å². The van der Waals surface area contributed by atoms with E-state index in [9.17, 15) is 4.79 Å². The minimum atomic E-state index is 0.277. The maximum atomic E-state index is 12.5. The molecule has 0 unspecified atom stereocenters. The van der Waals surface area contributed by atoms with E-state index >= 15 is 0 Å². The first-order valence-electron chi connectivity index (χ1n) is 9.05. The number of carbonyl (C=O) groups excluding carboxylic acids is 1. The minimum Gasteiger partial charge on any atom is -0.360 e. The molecule has 4 nitrogen and oxygen atoms in total. The van der Waals surface area contributed by atoms with E-state index in [0.29, 0.717) is 12.3 Å². The molecule has 0 aliphatic carbocycles. The second-order valence-electron chi connectivity index (χ2n) is 6.78. The molecule has 1 fully saturated rings. The Labute approximate surface area is 147 Å². The van der Waals surface area contributed by atoms with Crippen molar-refractivity contribution in [1.29, 1.82) is 0 Å². The van der Waals surface area contributed by atoms with Crippen molar-refractivity contribution >= 4 is 16.9 Å². The van der Waals surface area contributed by atoms with E-state index < -0.39 is 0 Å². The first kappa shape index (κ1) is 15.9. The van der Waals surface area contributed by atoms with Gasteiger partial charge in [-0.25, -0.2) is 0 Å². The second-order valence-corrected chi connectivity index (χ2v) is 6.78. The van der Waals surface area contributed by atoms with Crippen LogP contribution in [0.15, 0.2) is 54.9 Å². The predicted octanol–water partition coefficient (Wildman–Crippen LogP) is 3.90. The van der Waals surface area contributed by atoms with E-state index in [1.54, 1.807) is 0 Å². The summed E-state index contributed by atoms with van der Waals surface area (Å²) in [6.45, 7) is 1.69. The van der Waals surface area contributed by atoms with Gasteiger partial charge in [0.1, 0.15) is 0 Å². The number of nitrogens with zero attached hydrogens (tertiary/aromatic N) is 2. The maximum Gasteiger partial charge on any atom is 0.222 e. The van der Waals surface area contributed by atoms with Crippen LogP contribution in [-0.2, 0) is 11.2 Å². The average molecular weight is 333 g/mol. The summed E-state index contributed by atoms with van der Waals surface area (Å²) in [6.07, 6.45) is 7.40. The number of fused-ring (bicyclic) bond motifs is 1. The van der Waals surface area contributed by atoms with Crippen molar-refractivity contribution in [3.05, 3.63) is 66.0 Å². The number of amides is 1. The van der Waals surface area contributed by atoms with Crippen LogP contribution in [0.1, 0.15) is 36.3 Å². The van der Waals surface area contributed by atoms with E-state index in [1.165, 1.54) is 11.1 Å². The number of aryl methyl sites for hydroxylation is 1. The Morgan fingerprint density at radius 3 is 2.72 bits per heavy atom. The average Bonchev–Trinajstić information content (AvgIpc) is 3.11. The molecule has 0 spiro atoms. The number of carbonyl (C=O) groups is 1. The van der Waals surface area contributed by atoms with Crippen LogP contribution in [0.5, 0.6) is 0 Å². The van der Waals surface area contributed by atoms with Crippen LogP contribution >= 0.6 is 0 Å². The molecule has 25 heavy (non-hydrogen) atoms. The molecule has 1 saturated heterocycles. The Hall–Kier alpha value is -2.62. The highest BCUT2D eigenvalue weighted by Gasteiger charge is 2.25. The predicted molar refractivity (Wildman–Crippen MR) is 99.4 cm³/mol. The third-order valence-corrected chi connectivity index (χ3v) is 5.22. The molecule has 0 saturated carbocycles. The number of piperidine rings is 1. The lowest BCUT2D eigenvalue weighted by Gasteiger charge is -2.32. The number of nitrogens with one attached hydrogen (secondary N) is 1. The molecule has 0 bridgehead atoms. The highest BCUT2D eigenvalue weighted by molar-refractivity contribution is 5.79. The van der Waals surface area contributed by atoms with Crippen LogP contribution in [0.4, 0.5) is 0 Å². The van der Waals surface area contributed by atoms with Gasteiger partial charge in [-0.3, -0.25) is 9.78 Å². The molecule has 1 aliphatic heterocycles. The number of rotatable bonds is 4. The fraction of sp³-hybridized carbons (Fsp3) is 0.333. The van der Waals surface area contributed by atoms with E-state index in [2.05, 4.69) is 34.4 Å². The molecule has 0 radical (unpaired) electrons. The lowest BCUT2D eigenvalue weighted by atomic mass is 9.90. The molecule has 128 valence electrons. The Morgan fingerprint density at radius 1 is 1.12 bits per heavy atom. The largest absolute Gasteiger partial charge is 0.360 e. The molecule has 4 rings (SSSR count). The summed E-state index contributed by atoms with van der Waals surface area (Å²) in [5.74, 6) is 0.765. The molecular formula is C21H23N3O. The van der Waals surface area contributed by atoms with Gasteiger partial charge in [0.05, 0.1) is 11.0 Å². The molecule has 4 heteroatoms. The fourth-order valence-electron chi connectivity index (χ4n) is 3.78. The zero-order chi connectivity index (χ0) is 17.1. The summed E-state index contributed by atoms with van der Waals surface area (Å²) < 4.78 is 0. The zero-order valence-corrected chi connectivity index (χ0v) is 14.3. The van der Waals surface area contributed by atoms with Gasteiger partial charge in [-0.2, -0.15) is 0 Å². The summed E-state index contributed by atoms with van der Waals surface area (Å²) in [6, 6.07) is 14.3. The van der Waals surface area contributed by atoms with Crippen molar-refractivity contribution in [3.8, 4) is 0 Å². The maximum absolute atomic E-state index is 12.5. The summed E-state index contributed by atoms with van der Waals surface area (Å²) in [4.78, 5) is 22.4. The van der Waals surface area contributed by atoms with Crippen molar-refractivity contribution in [1.82, 2.24) is 14.9 Å². The van der Waals surface area contributed by atoms with Gasteiger partial charge in [0.2, 0.25) is 5.91 Å². The zero-order valence-electron chi connectivity index (χ0n) is 14.3. The summed E-state index contributed by atoms with van der Waals surface area (Å²) in [5, 5.41) is 0. The first-order chi connectivity index (χ1) is 12.3. The Kier molecular flexibility index (Phi) is 4.51. The minimum absolute atomic E-state index is 0.277. The van der Waals surface area contributed by atoms with E-state index in [1.807, 2.05) is 35.4 Å². The van der Waals surface area contributed by atoms with Crippen molar-refractivity contribution in [2.75, 3.05) is 13.1 Å². The van der Waals surface area contributed by atoms with Gasteiger partial charge in [0.15, 0.2) is 0 Å². The highest BCUT2D eigenvalue weighted by atomic mass is 16.2. The standard InChI is InChI=1S/C21H23N3O/c25-20(9-8-16-5-2-1-3-6-16)24-13-10-17(11-14-24)18-15-23-19-7-4-12-22-21(18)19/h1-7,12,15,17,23H,8-11,13-14H2. The molecule has 1 aromatic carbocycles. The normalized spacial score (nSPS) is 15.6. The van der Waals surface area contributed by atoms with Crippen molar-refractivity contribution in [2.45, 2.75) is 31.6 Å². The smallest absolute Gasteiger partial charge is 0.222 e. The first-order valence-corrected chi connectivity index (χ1v) is 9.05. The number of aromatic amines is 1. The van der Waals surface area contributed by atoms with E-state index in [0.717, 1.165) is 43.4 Å². The lowest BCUT2D eigenvalue weighted by Crippen LogP contribution is -2.38. The summed E-state index contributed by atoms with van der Waals surface area (Å²) in [5.41, 5.74) is 4.71. The molecule has 1 N–H and O–H groups in total. The number of pyridine rings is 1. The van der Waals surface area contributed by atoms with E-state index in [4.69, 9.17) is 0 Å². The molecule has 3 heterocycles. The topological polar surface area (TPSA) is 49.0 Å². The molecule has 3 aromatic rings. The number of aromatic nitrogens is 2. The molecular weight excluding hydrogens is 310 g/mol. The summed E-state index contributed by atoms with van der Waals surface area (Å²) >= 11 is 0. The number of benzene rings is 1. The highest BCUT2D eigenvalue weighted by Crippen LogP contribution is 2.32. The number of hydrogen-bond donors (Lipinski definition) is 1. The molecule has 1 aliphatic rings. The summed E-state index contributed by atoms with van der Waals surface area (Å²) in [7, 11) is 0. The number of hydrogen-bond acceptors (Lipinski definition) is 2. The Balaban J connectivity index is 1.34. The quantitative estimate of drug-likeness (QED) is 0.787. The SMILES string of the molecule is O=C(CCc1ccccc1)N1CCC(c2c[nH]c3cccnc23)CC1. The van der Waals surface area contributed by atoms with Gasteiger partial charge in [-0.05, 0) is 48.4 Å². The number of H-pyrrole nitrogens is 1. The van der Waals surface area contributed by atoms with Gasteiger partial charge in [0.25, 0.3) is 0 Å². The van der Waals surface area contributed by atoms with Gasteiger partial charge in [-0.15, -0.1) is 0 Å². The van der Waals surface area contributed by atoms with Crippen molar-refractivity contribution in [2.24, 2.45) is 0 Å². The molecule has 2 aromatic heterocycles. The van der Waals surface area contributed by atoms with Crippen molar-refractivity contribution in [3.63, 3.8) is 0 Å². The Bertz CT molecular complexity index is 848. The lowest BCUT2D eigenvalue weighted by molar-refractivity contribution is -0.132. The van der Waals surface area contributed by atoms with Gasteiger partial charge in [0, 0.05) is 31.9 Å². The number of likely N-dealkylation sites (tertiary alicyclic amines) is 1. The monoisotopic (exact) mass is 333 g/mol. The van der Waals surface area contributed by atoms with E-state index in [-0.39, 0.29) is 5.91 Å². The Morgan fingerprint density at radius 2 is 1.92 bits per heavy atom. The fourth-order valence-corrected chi connectivity index (χ4v) is 3.78. The van der Waals surface area contributed by atoms with Crippen molar-refractivity contribution < 1.29 is 4.79 Å². The van der Waals surface area contributed by atoms with Crippen LogP contribution < -0.4 is 0 Å². The molecule has 0 atom stereocenters.